The van der Waals surface area contributed by atoms with Crippen molar-refractivity contribution in [3.05, 3.63) is 83.4 Å². The van der Waals surface area contributed by atoms with Gasteiger partial charge in [-0.25, -0.2) is 13.2 Å². The standard InChI is InChI=1S/C39H45F3N2O10S/c1-24(2)19-43(55(46,47)29-13-14-32-33(18-29)52-23-51-32)20-34-31(44(38(3,4)54-34)37(45)53-35-22-50-36-30(35)15-16-48-36)17-25-7-11-28(12-8-25)49-21-26-5-9-27(10-6-26)39(40,41)42/h5-14,18,24,30-31,34-36H,15-17,19-23H2,1-4H3/t30-,31-,34+,35-,36+/m0/s1. The Morgan fingerprint density at radius 2 is 1.69 bits per heavy atom. The zero-order chi connectivity index (χ0) is 39.1. The Labute approximate surface area is 318 Å². The van der Waals surface area contributed by atoms with Gasteiger partial charge in [0, 0.05) is 19.2 Å². The van der Waals surface area contributed by atoms with Gasteiger partial charge in [0.15, 0.2) is 17.8 Å². The molecule has 3 saturated heterocycles. The van der Waals surface area contributed by atoms with E-state index in [0.717, 1.165) is 17.7 Å². The molecule has 55 heavy (non-hydrogen) atoms. The number of hydrogen-bond donors (Lipinski definition) is 0. The van der Waals surface area contributed by atoms with Crippen LogP contribution in [0.1, 0.15) is 50.8 Å². The third-order valence-corrected chi connectivity index (χ3v) is 12.0. The molecule has 0 spiro atoms. The van der Waals surface area contributed by atoms with Crippen LogP contribution in [0.2, 0.25) is 0 Å². The number of carbonyl (C=O) groups excluding carboxylic acids is 1. The second-order valence-corrected chi connectivity index (χ2v) is 17.0. The molecule has 3 fully saturated rings. The fourth-order valence-electron chi connectivity index (χ4n) is 7.53. The lowest BCUT2D eigenvalue weighted by Crippen LogP contribution is -2.51. The molecular weight excluding hydrogens is 745 g/mol. The van der Waals surface area contributed by atoms with Crippen molar-refractivity contribution >= 4 is 16.1 Å². The molecule has 0 unspecified atom stereocenters. The van der Waals surface area contributed by atoms with Crippen LogP contribution >= 0.6 is 0 Å². The molecule has 12 nitrogen and oxygen atoms in total. The second kappa shape index (κ2) is 15.4. The van der Waals surface area contributed by atoms with Gasteiger partial charge in [-0.15, -0.1) is 0 Å². The summed E-state index contributed by atoms with van der Waals surface area (Å²) in [6, 6.07) is 15.8. The van der Waals surface area contributed by atoms with E-state index in [9.17, 15) is 26.4 Å². The van der Waals surface area contributed by atoms with Gasteiger partial charge in [-0.1, -0.05) is 38.1 Å². The molecule has 1 amide bonds. The number of ether oxygens (including phenoxy) is 7. The lowest BCUT2D eigenvalue weighted by atomic mass is 9.99. The fourth-order valence-corrected chi connectivity index (χ4v) is 9.16. The summed E-state index contributed by atoms with van der Waals surface area (Å²) in [6.07, 6.45) is -5.77. The van der Waals surface area contributed by atoms with Crippen molar-refractivity contribution in [2.45, 2.75) is 88.5 Å². The molecule has 298 valence electrons. The van der Waals surface area contributed by atoms with Crippen LogP contribution in [0.15, 0.2) is 71.6 Å². The van der Waals surface area contributed by atoms with Gasteiger partial charge in [0.05, 0.1) is 41.7 Å². The highest BCUT2D eigenvalue weighted by Crippen LogP contribution is 2.40. The van der Waals surface area contributed by atoms with Crippen LogP contribution < -0.4 is 14.2 Å². The Bertz CT molecular complexity index is 1940. The molecule has 0 aliphatic carbocycles. The minimum absolute atomic E-state index is 0.000813. The summed E-state index contributed by atoms with van der Waals surface area (Å²) >= 11 is 0. The van der Waals surface area contributed by atoms with E-state index in [1.54, 1.807) is 36.9 Å². The molecule has 7 rings (SSSR count). The number of amides is 1. The van der Waals surface area contributed by atoms with Crippen molar-refractivity contribution in [1.82, 2.24) is 9.21 Å². The number of alkyl halides is 3. The smallest absolute Gasteiger partial charge is 0.416 e. The number of fused-ring (bicyclic) bond motifs is 2. The van der Waals surface area contributed by atoms with E-state index in [1.165, 1.54) is 28.6 Å². The lowest BCUT2D eigenvalue weighted by molar-refractivity contribution is -0.137. The molecule has 0 N–H and O–H groups in total. The van der Waals surface area contributed by atoms with Crippen LogP contribution in [0.4, 0.5) is 18.0 Å². The highest BCUT2D eigenvalue weighted by atomic mass is 32.2. The zero-order valence-electron chi connectivity index (χ0n) is 31.0. The van der Waals surface area contributed by atoms with Crippen LogP contribution in [-0.2, 0) is 48.2 Å². The summed E-state index contributed by atoms with van der Waals surface area (Å²) in [4.78, 5) is 15.8. The monoisotopic (exact) mass is 790 g/mol. The van der Waals surface area contributed by atoms with Crippen molar-refractivity contribution in [3.63, 3.8) is 0 Å². The van der Waals surface area contributed by atoms with Crippen molar-refractivity contribution in [2.75, 3.05) is 33.1 Å². The molecule has 3 aromatic rings. The molecule has 4 heterocycles. The van der Waals surface area contributed by atoms with Gasteiger partial charge >= 0.3 is 12.3 Å². The number of nitrogens with zero attached hydrogens (tertiary/aromatic N) is 2. The van der Waals surface area contributed by atoms with Gasteiger partial charge in [-0.3, -0.25) is 4.90 Å². The molecule has 5 atom stereocenters. The number of carbonyl (C=O) groups is 1. The van der Waals surface area contributed by atoms with Gasteiger partial charge in [0.1, 0.15) is 24.2 Å². The first kappa shape index (κ1) is 39.2. The van der Waals surface area contributed by atoms with Crippen LogP contribution in [-0.4, -0.2) is 87.1 Å². The molecule has 3 aromatic carbocycles. The normalized spacial score (nSPS) is 24.5. The summed E-state index contributed by atoms with van der Waals surface area (Å²) in [5.41, 5.74) is -0.543. The highest BCUT2D eigenvalue weighted by Gasteiger charge is 2.53. The Morgan fingerprint density at radius 3 is 2.40 bits per heavy atom. The van der Waals surface area contributed by atoms with Gasteiger partial charge < -0.3 is 33.2 Å². The third-order valence-electron chi connectivity index (χ3n) is 10.2. The largest absolute Gasteiger partial charge is 0.489 e. The van der Waals surface area contributed by atoms with Crippen LogP contribution in [0, 0.1) is 11.8 Å². The molecule has 0 radical (unpaired) electrons. The zero-order valence-corrected chi connectivity index (χ0v) is 31.8. The first-order chi connectivity index (χ1) is 26.1. The van der Waals surface area contributed by atoms with E-state index in [4.69, 9.17) is 33.2 Å². The van der Waals surface area contributed by atoms with Gasteiger partial charge in [-0.05, 0) is 80.1 Å². The number of sulfonamides is 1. The maximum Gasteiger partial charge on any atom is 0.416 e. The first-order valence-corrected chi connectivity index (χ1v) is 19.7. The maximum absolute atomic E-state index is 14.3. The van der Waals surface area contributed by atoms with E-state index >= 15 is 0 Å². The molecule has 0 bridgehead atoms. The summed E-state index contributed by atoms with van der Waals surface area (Å²) < 4.78 is 110. The molecule has 4 aliphatic rings. The van der Waals surface area contributed by atoms with E-state index in [2.05, 4.69) is 0 Å². The van der Waals surface area contributed by atoms with Crippen LogP contribution in [0.5, 0.6) is 17.2 Å². The number of benzene rings is 3. The molecular formula is C39H45F3N2O10S. The van der Waals surface area contributed by atoms with Crippen molar-refractivity contribution in [1.29, 1.82) is 0 Å². The quantitative estimate of drug-likeness (QED) is 0.198. The molecule has 4 aliphatic heterocycles. The first-order valence-electron chi connectivity index (χ1n) is 18.3. The minimum atomic E-state index is -4.42. The SMILES string of the molecule is CC(C)CN(C[C@H]1OC(C)(C)N(C(=O)O[C@H]2CO[C@H]3OCC[C@H]32)[C@H]1Cc1ccc(OCc2ccc(C(F)(F)F)cc2)cc1)S(=O)(=O)c1ccc2c(c1)OCO2. The van der Waals surface area contributed by atoms with Crippen molar-refractivity contribution in [2.24, 2.45) is 11.8 Å². The lowest BCUT2D eigenvalue weighted by Gasteiger charge is -2.34. The highest BCUT2D eigenvalue weighted by molar-refractivity contribution is 7.89. The summed E-state index contributed by atoms with van der Waals surface area (Å²) in [5.74, 6) is 1.16. The molecule has 16 heteroatoms. The van der Waals surface area contributed by atoms with E-state index < -0.39 is 58.1 Å². The summed E-state index contributed by atoms with van der Waals surface area (Å²) in [6.45, 7) is 8.26. The summed E-state index contributed by atoms with van der Waals surface area (Å²) in [7, 11) is -4.07. The van der Waals surface area contributed by atoms with E-state index in [0.29, 0.717) is 35.8 Å². The van der Waals surface area contributed by atoms with Gasteiger partial charge in [0.25, 0.3) is 0 Å². The van der Waals surface area contributed by atoms with E-state index in [1.807, 2.05) is 26.0 Å². The Kier molecular flexibility index (Phi) is 11.0. The van der Waals surface area contributed by atoms with Crippen molar-refractivity contribution < 1.29 is 59.5 Å². The Hall–Kier alpha value is -4.09. The topological polar surface area (TPSA) is 122 Å². The Balaban J connectivity index is 1.13. The minimum Gasteiger partial charge on any atom is -0.489 e. The average Bonchev–Trinajstić information content (AvgIpc) is 3.92. The number of hydrogen-bond acceptors (Lipinski definition) is 10. The van der Waals surface area contributed by atoms with Crippen LogP contribution in [0.25, 0.3) is 0 Å². The molecule has 0 saturated carbocycles. The number of halogens is 3. The van der Waals surface area contributed by atoms with Crippen LogP contribution in [0.3, 0.4) is 0 Å². The second-order valence-electron chi connectivity index (χ2n) is 15.1. The number of rotatable bonds is 12. The van der Waals surface area contributed by atoms with Gasteiger partial charge in [-0.2, -0.15) is 17.5 Å². The maximum atomic E-state index is 14.3. The summed E-state index contributed by atoms with van der Waals surface area (Å²) in [5, 5.41) is 0. The average molecular weight is 791 g/mol. The Morgan fingerprint density at radius 1 is 0.982 bits per heavy atom. The molecule has 0 aromatic heterocycles. The van der Waals surface area contributed by atoms with E-state index in [-0.39, 0.29) is 56.2 Å². The third kappa shape index (κ3) is 8.53. The fraction of sp³-hybridized carbons (Fsp3) is 0.513. The van der Waals surface area contributed by atoms with Crippen molar-refractivity contribution in [3.8, 4) is 17.2 Å². The predicted octanol–water partition coefficient (Wildman–Crippen LogP) is 6.61. The van der Waals surface area contributed by atoms with Gasteiger partial charge in [0.2, 0.25) is 16.8 Å². The predicted molar refractivity (Wildman–Crippen MR) is 191 cm³/mol.